The van der Waals surface area contributed by atoms with E-state index in [1.54, 1.807) is 61.3 Å². The van der Waals surface area contributed by atoms with E-state index in [1.165, 1.54) is 6.07 Å². The number of anilines is 1. The molecular weight excluding hydrogens is 407 g/mol. The first-order chi connectivity index (χ1) is 15.4. The number of fused-ring (bicyclic) bond motifs is 1. The largest absolute Gasteiger partial charge is 0.448 e. The second-order valence-electron chi connectivity index (χ2n) is 7.71. The van der Waals surface area contributed by atoms with Crippen LogP contribution in [0.4, 0.5) is 10.1 Å². The number of rotatable bonds is 5. The molecule has 0 fully saturated rings. The number of nitrogens with zero attached hydrogens (tertiary/aromatic N) is 1. The van der Waals surface area contributed by atoms with Gasteiger partial charge in [0.25, 0.3) is 11.8 Å². The number of hydrogen-bond donors (Lipinski definition) is 1. The summed E-state index contributed by atoms with van der Waals surface area (Å²) in [5, 5.41) is 3.47. The van der Waals surface area contributed by atoms with Crippen LogP contribution in [0.3, 0.4) is 0 Å². The van der Waals surface area contributed by atoms with Crippen molar-refractivity contribution in [1.82, 2.24) is 4.90 Å². The SMILES string of the molecule is Cc1c(C(=O)N(C)C(C)c2cccc(NC(=O)c3ccccc3)c2)oc2c(F)cccc12. The molecule has 0 bridgehead atoms. The fraction of sp³-hybridized carbons (Fsp3) is 0.154. The van der Waals surface area contributed by atoms with Crippen molar-refractivity contribution < 1.29 is 18.4 Å². The lowest BCUT2D eigenvalue weighted by molar-refractivity contribution is 0.0711. The van der Waals surface area contributed by atoms with E-state index in [2.05, 4.69) is 5.32 Å². The van der Waals surface area contributed by atoms with Gasteiger partial charge in [-0.3, -0.25) is 9.59 Å². The van der Waals surface area contributed by atoms with Crippen LogP contribution in [0, 0.1) is 12.7 Å². The second kappa shape index (κ2) is 8.67. The van der Waals surface area contributed by atoms with Crippen molar-refractivity contribution in [1.29, 1.82) is 0 Å². The molecule has 162 valence electrons. The maximum atomic E-state index is 14.1. The Kier molecular flexibility index (Phi) is 5.77. The molecule has 4 aromatic rings. The lowest BCUT2D eigenvalue weighted by atomic mass is 10.1. The van der Waals surface area contributed by atoms with Crippen molar-refractivity contribution in [3.8, 4) is 0 Å². The number of furan rings is 1. The van der Waals surface area contributed by atoms with Crippen LogP contribution in [0.1, 0.15) is 45.0 Å². The number of para-hydroxylation sites is 1. The molecule has 5 nitrogen and oxygen atoms in total. The summed E-state index contributed by atoms with van der Waals surface area (Å²) in [6.07, 6.45) is 0. The van der Waals surface area contributed by atoms with Gasteiger partial charge in [-0.2, -0.15) is 0 Å². The summed E-state index contributed by atoms with van der Waals surface area (Å²) in [4.78, 5) is 27.1. The van der Waals surface area contributed by atoms with E-state index in [4.69, 9.17) is 4.42 Å². The highest BCUT2D eigenvalue weighted by Crippen LogP contribution is 2.30. The monoisotopic (exact) mass is 430 g/mol. The number of carbonyl (C=O) groups excluding carboxylic acids is 2. The van der Waals surface area contributed by atoms with Crippen LogP contribution in [0.5, 0.6) is 0 Å². The summed E-state index contributed by atoms with van der Waals surface area (Å²) < 4.78 is 19.7. The zero-order valence-corrected chi connectivity index (χ0v) is 18.1. The number of nitrogens with one attached hydrogen (secondary N) is 1. The minimum absolute atomic E-state index is 0.0834. The predicted molar refractivity (Wildman–Crippen MR) is 122 cm³/mol. The standard InChI is InChI=1S/C26H23FN2O3/c1-16-21-13-8-14-22(27)24(21)32-23(16)26(31)29(3)17(2)19-11-7-12-20(15-19)28-25(30)18-9-5-4-6-10-18/h4-15,17H,1-3H3,(H,28,30). The third kappa shape index (κ3) is 3.99. The van der Waals surface area contributed by atoms with E-state index in [-0.39, 0.29) is 29.2 Å². The fourth-order valence-corrected chi connectivity index (χ4v) is 3.64. The van der Waals surface area contributed by atoms with Crippen molar-refractivity contribution in [3.05, 3.63) is 101 Å². The van der Waals surface area contributed by atoms with Crippen LogP contribution in [-0.2, 0) is 0 Å². The zero-order chi connectivity index (χ0) is 22.8. The van der Waals surface area contributed by atoms with Crippen LogP contribution in [-0.4, -0.2) is 23.8 Å². The van der Waals surface area contributed by atoms with Gasteiger partial charge in [-0.1, -0.05) is 42.5 Å². The van der Waals surface area contributed by atoms with Gasteiger partial charge in [0, 0.05) is 29.2 Å². The number of benzene rings is 3. The lowest BCUT2D eigenvalue weighted by Gasteiger charge is -2.25. The molecule has 32 heavy (non-hydrogen) atoms. The minimum Gasteiger partial charge on any atom is -0.448 e. The van der Waals surface area contributed by atoms with E-state index in [1.807, 2.05) is 31.2 Å². The Hall–Kier alpha value is -3.93. The Balaban J connectivity index is 1.55. The van der Waals surface area contributed by atoms with Crippen LogP contribution in [0.2, 0.25) is 0 Å². The minimum atomic E-state index is -0.498. The van der Waals surface area contributed by atoms with Gasteiger partial charge in [0.2, 0.25) is 0 Å². The average Bonchev–Trinajstić information content (AvgIpc) is 3.16. The summed E-state index contributed by atoms with van der Waals surface area (Å²) in [7, 11) is 1.67. The first-order valence-electron chi connectivity index (χ1n) is 10.3. The third-order valence-corrected chi connectivity index (χ3v) is 5.67. The molecule has 4 rings (SSSR count). The van der Waals surface area contributed by atoms with Gasteiger partial charge in [0.15, 0.2) is 17.2 Å². The molecular formula is C26H23FN2O3. The maximum Gasteiger partial charge on any atom is 0.290 e. The van der Waals surface area contributed by atoms with Crippen molar-refractivity contribution in [2.45, 2.75) is 19.9 Å². The summed E-state index contributed by atoms with van der Waals surface area (Å²) in [6, 6.07) is 20.6. The first kappa shape index (κ1) is 21.3. The van der Waals surface area contributed by atoms with Gasteiger partial charge < -0.3 is 14.6 Å². The smallest absolute Gasteiger partial charge is 0.290 e. The molecule has 3 aromatic carbocycles. The molecule has 2 amide bonds. The Morgan fingerprint density at radius 1 is 1.00 bits per heavy atom. The molecule has 0 spiro atoms. The van der Waals surface area contributed by atoms with Gasteiger partial charge >= 0.3 is 0 Å². The summed E-state index contributed by atoms with van der Waals surface area (Å²) in [6.45, 7) is 3.63. The van der Waals surface area contributed by atoms with Crippen LogP contribution < -0.4 is 5.32 Å². The maximum absolute atomic E-state index is 14.1. The molecule has 0 aliphatic heterocycles. The van der Waals surface area contributed by atoms with E-state index in [0.717, 1.165) is 5.56 Å². The Bertz CT molecular complexity index is 1300. The normalized spacial score (nSPS) is 11.9. The molecule has 1 atom stereocenters. The van der Waals surface area contributed by atoms with E-state index >= 15 is 0 Å². The van der Waals surface area contributed by atoms with Gasteiger partial charge in [-0.15, -0.1) is 0 Å². The molecule has 1 heterocycles. The Morgan fingerprint density at radius 3 is 2.44 bits per heavy atom. The van der Waals surface area contributed by atoms with Gasteiger partial charge in [0.05, 0.1) is 6.04 Å². The van der Waals surface area contributed by atoms with Gasteiger partial charge in [-0.05, 0) is 49.7 Å². The highest BCUT2D eigenvalue weighted by Gasteiger charge is 2.26. The van der Waals surface area contributed by atoms with E-state index in [0.29, 0.717) is 22.2 Å². The van der Waals surface area contributed by atoms with Crippen LogP contribution >= 0.6 is 0 Å². The number of halogens is 1. The Morgan fingerprint density at radius 2 is 1.72 bits per heavy atom. The molecule has 0 saturated carbocycles. The molecule has 0 saturated heterocycles. The lowest BCUT2D eigenvalue weighted by Crippen LogP contribution is -2.29. The Labute approximate surface area is 185 Å². The van der Waals surface area contributed by atoms with Crippen molar-refractivity contribution >= 4 is 28.5 Å². The van der Waals surface area contributed by atoms with E-state index < -0.39 is 5.82 Å². The predicted octanol–water partition coefficient (Wildman–Crippen LogP) is 5.97. The first-order valence-corrected chi connectivity index (χ1v) is 10.3. The highest BCUT2D eigenvalue weighted by atomic mass is 19.1. The van der Waals surface area contributed by atoms with E-state index in [9.17, 15) is 14.0 Å². The number of hydrogen-bond acceptors (Lipinski definition) is 3. The second-order valence-corrected chi connectivity index (χ2v) is 7.71. The van der Waals surface area contributed by atoms with Crippen molar-refractivity contribution in [3.63, 3.8) is 0 Å². The molecule has 1 unspecified atom stereocenters. The molecule has 0 aliphatic carbocycles. The van der Waals surface area contributed by atoms with Crippen LogP contribution in [0.15, 0.2) is 77.2 Å². The topological polar surface area (TPSA) is 62.6 Å². The molecule has 6 heteroatoms. The number of aryl methyl sites for hydroxylation is 1. The highest BCUT2D eigenvalue weighted by molar-refractivity contribution is 6.04. The van der Waals surface area contributed by atoms with Gasteiger partial charge in [0.1, 0.15) is 0 Å². The molecule has 0 radical (unpaired) electrons. The number of amides is 2. The van der Waals surface area contributed by atoms with Crippen molar-refractivity contribution in [2.24, 2.45) is 0 Å². The summed E-state index contributed by atoms with van der Waals surface area (Å²) >= 11 is 0. The zero-order valence-electron chi connectivity index (χ0n) is 18.1. The van der Waals surface area contributed by atoms with Crippen molar-refractivity contribution in [2.75, 3.05) is 12.4 Å². The quantitative estimate of drug-likeness (QED) is 0.425. The summed E-state index contributed by atoms with van der Waals surface area (Å²) in [5.74, 6) is -0.931. The van der Waals surface area contributed by atoms with Gasteiger partial charge in [-0.25, -0.2) is 4.39 Å². The van der Waals surface area contributed by atoms with Crippen LogP contribution in [0.25, 0.3) is 11.0 Å². The number of carbonyl (C=O) groups is 2. The summed E-state index contributed by atoms with van der Waals surface area (Å²) in [5.41, 5.74) is 2.72. The third-order valence-electron chi connectivity index (χ3n) is 5.67. The average molecular weight is 430 g/mol. The molecule has 1 aromatic heterocycles. The fourth-order valence-electron chi connectivity index (χ4n) is 3.64. The molecule has 0 aliphatic rings. The molecule has 1 N–H and O–H groups in total.